The van der Waals surface area contributed by atoms with Gasteiger partial charge in [-0.25, -0.2) is 4.98 Å². The highest BCUT2D eigenvalue weighted by Gasteiger charge is 2.32. The molecule has 0 aliphatic rings. The van der Waals surface area contributed by atoms with Gasteiger partial charge in [-0.05, 0) is 6.07 Å². The molecule has 0 fully saturated rings. The van der Waals surface area contributed by atoms with Gasteiger partial charge in [0.15, 0.2) is 5.75 Å². The topological polar surface area (TPSA) is 49.9 Å². The van der Waals surface area contributed by atoms with Crippen molar-refractivity contribution in [1.29, 1.82) is 0 Å². The molecular formula is C11H8F3N3O. The van der Waals surface area contributed by atoms with Gasteiger partial charge in [0.1, 0.15) is 0 Å². The number of fused-ring (bicyclic) bond motifs is 1. The number of hydrogen-bond acceptors (Lipinski definition) is 3. The molecule has 1 heterocycles. The highest BCUT2D eigenvalue weighted by Crippen LogP contribution is 2.33. The zero-order valence-electron chi connectivity index (χ0n) is 9.01. The first-order valence-corrected chi connectivity index (χ1v) is 4.90. The summed E-state index contributed by atoms with van der Waals surface area (Å²) < 4.78 is 40.7. The van der Waals surface area contributed by atoms with E-state index in [-0.39, 0.29) is 18.0 Å². The molecule has 2 rings (SSSR count). The Bertz CT molecular complexity index is 598. The molecule has 0 radical (unpaired) electrons. The lowest BCUT2D eigenvalue weighted by Gasteiger charge is -2.13. The molecule has 0 bridgehead atoms. The third kappa shape index (κ3) is 2.66. The maximum Gasteiger partial charge on any atom is 0.573 e. The fraction of sp³-hybridized carbons (Fsp3) is 0.182. The number of nitrogens with zero attached hydrogens (tertiary/aromatic N) is 1. The Morgan fingerprint density at radius 1 is 1.44 bits per heavy atom. The van der Waals surface area contributed by atoms with Crippen LogP contribution in [0.15, 0.2) is 18.5 Å². The maximum atomic E-state index is 12.3. The maximum absolute atomic E-state index is 12.3. The fourth-order valence-corrected chi connectivity index (χ4v) is 1.46. The minimum Gasteiger partial charge on any atom is -0.403 e. The van der Waals surface area contributed by atoms with Crippen molar-refractivity contribution in [1.82, 2.24) is 9.97 Å². The summed E-state index contributed by atoms with van der Waals surface area (Å²) >= 11 is 0. The van der Waals surface area contributed by atoms with Gasteiger partial charge in [0.2, 0.25) is 0 Å². The summed E-state index contributed by atoms with van der Waals surface area (Å²) in [7, 11) is 0. The van der Waals surface area contributed by atoms with E-state index in [0.717, 1.165) is 0 Å². The first-order chi connectivity index (χ1) is 8.49. The van der Waals surface area contributed by atoms with Crippen LogP contribution in [0.25, 0.3) is 11.0 Å². The number of benzene rings is 1. The molecule has 1 aromatic carbocycles. The molecule has 0 aliphatic heterocycles. The van der Waals surface area contributed by atoms with Crippen LogP contribution >= 0.6 is 0 Å². The van der Waals surface area contributed by atoms with Crippen molar-refractivity contribution in [3.05, 3.63) is 18.5 Å². The summed E-state index contributed by atoms with van der Waals surface area (Å²) in [4.78, 5) is 6.65. The second-order valence-electron chi connectivity index (χ2n) is 3.37. The molecule has 2 aromatic rings. The van der Waals surface area contributed by atoms with Gasteiger partial charge < -0.3 is 15.0 Å². The minimum atomic E-state index is -4.77. The van der Waals surface area contributed by atoms with Crippen molar-refractivity contribution in [2.45, 2.75) is 6.36 Å². The molecule has 0 atom stereocenters. The van der Waals surface area contributed by atoms with E-state index in [4.69, 9.17) is 6.42 Å². The number of aromatic nitrogens is 2. The molecule has 2 N–H and O–H groups in total. The van der Waals surface area contributed by atoms with Crippen molar-refractivity contribution in [3.8, 4) is 18.1 Å². The number of terminal acetylenes is 1. The van der Waals surface area contributed by atoms with Gasteiger partial charge in [-0.15, -0.1) is 19.6 Å². The molecule has 0 amide bonds. The first-order valence-electron chi connectivity index (χ1n) is 4.90. The Labute approximate surface area is 100 Å². The second kappa shape index (κ2) is 4.49. The smallest absolute Gasteiger partial charge is 0.403 e. The Morgan fingerprint density at radius 2 is 2.22 bits per heavy atom. The van der Waals surface area contributed by atoms with Crippen LogP contribution < -0.4 is 10.1 Å². The molecule has 0 saturated heterocycles. The predicted molar refractivity (Wildman–Crippen MR) is 60.1 cm³/mol. The monoisotopic (exact) mass is 255 g/mol. The normalized spacial score (nSPS) is 11.2. The molecule has 94 valence electrons. The SMILES string of the molecule is C#CCNc1cc2[nH]cnc2cc1OC(F)(F)F. The molecule has 0 saturated carbocycles. The molecule has 4 nitrogen and oxygen atoms in total. The van der Waals surface area contributed by atoms with Gasteiger partial charge in [-0.1, -0.05) is 5.92 Å². The van der Waals surface area contributed by atoms with Crippen molar-refractivity contribution < 1.29 is 17.9 Å². The van der Waals surface area contributed by atoms with E-state index >= 15 is 0 Å². The van der Waals surface area contributed by atoms with Crippen LogP contribution in [0, 0.1) is 12.3 Å². The average molecular weight is 255 g/mol. The molecule has 1 aromatic heterocycles. The van der Waals surface area contributed by atoms with Gasteiger partial charge in [-0.2, -0.15) is 0 Å². The van der Waals surface area contributed by atoms with E-state index < -0.39 is 6.36 Å². The van der Waals surface area contributed by atoms with Gasteiger partial charge in [0.25, 0.3) is 0 Å². The van der Waals surface area contributed by atoms with Gasteiger partial charge in [-0.3, -0.25) is 0 Å². The Morgan fingerprint density at radius 3 is 2.89 bits per heavy atom. The summed E-state index contributed by atoms with van der Waals surface area (Å²) in [6, 6.07) is 2.65. The predicted octanol–water partition coefficient (Wildman–Crippen LogP) is 2.51. The van der Waals surface area contributed by atoms with Gasteiger partial charge in [0, 0.05) is 6.07 Å². The number of nitrogens with one attached hydrogen (secondary N) is 2. The Kier molecular flexibility index (Phi) is 3.02. The molecule has 0 unspecified atom stereocenters. The molecule has 18 heavy (non-hydrogen) atoms. The number of rotatable bonds is 3. The van der Waals surface area contributed by atoms with Crippen molar-refractivity contribution in [3.63, 3.8) is 0 Å². The van der Waals surface area contributed by atoms with Crippen LogP contribution in [-0.4, -0.2) is 22.9 Å². The van der Waals surface area contributed by atoms with Crippen molar-refractivity contribution in [2.24, 2.45) is 0 Å². The number of ether oxygens (including phenoxy) is 1. The second-order valence-corrected chi connectivity index (χ2v) is 3.37. The summed E-state index contributed by atoms with van der Waals surface area (Å²) in [5.74, 6) is 1.91. The van der Waals surface area contributed by atoms with Crippen LogP contribution in [0.3, 0.4) is 0 Å². The standard InChI is InChI=1S/C11H8F3N3O/c1-2-3-15-9-4-7-8(17-6-16-7)5-10(9)18-11(12,13)14/h1,4-6,15H,3H2,(H,16,17). The van der Waals surface area contributed by atoms with E-state index in [9.17, 15) is 13.2 Å². The highest BCUT2D eigenvalue weighted by atomic mass is 19.4. The van der Waals surface area contributed by atoms with E-state index in [1.807, 2.05) is 0 Å². The minimum absolute atomic E-state index is 0.0911. The van der Waals surface area contributed by atoms with E-state index in [0.29, 0.717) is 11.0 Å². The summed E-state index contributed by atoms with van der Waals surface area (Å²) in [5.41, 5.74) is 1.12. The van der Waals surface area contributed by atoms with E-state index in [1.54, 1.807) is 0 Å². The summed E-state index contributed by atoms with van der Waals surface area (Å²) in [5, 5.41) is 2.66. The van der Waals surface area contributed by atoms with E-state index in [1.165, 1.54) is 18.5 Å². The summed E-state index contributed by atoms with van der Waals surface area (Å²) in [6.07, 6.45) is 1.67. The largest absolute Gasteiger partial charge is 0.573 e. The number of aromatic amines is 1. The lowest BCUT2D eigenvalue weighted by atomic mass is 10.2. The van der Waals surface area contributed by atoms with Gasteiger partial charge >= 0.3 is 6.36 Å². The van der Waals surface area contributed by atoms with E-state index in [2.05, 4.69) is 25.9 Å². The quantitative estimate of drug-likeness (QED) is 0.828. The lowest BCUT2D eigenvalue weighted by molar-refractivity contribution is -0.274. The zero-order valence-corrected chi connectivity index (χ0v) is 9.01. The molecule has 7 heteroatoms. The van der Waals surface area contributed by atoms with Crippen LogP contribution in [0.4, 0.5) is 18.9 Å². The van der Waals surface area contributed by atoms with Crippen molar-refractivity contribution >= 4 is 16.7 Å². The number of anilines is 1. The third-order valence-electron chi connectivity index (χ3n) is 2.13. The number of hydrogen-bond donors (Lipinski definition) is 2. The first kappa shape index (κ1) is 12.1. The molecule has 0 spiro atoms. The lowest BCUT2D eigenvalue weighted by Crippen LogP contribution is -2.18. The average Bonchev–Trinajstić information content (AvgIpc) is 2.70. The fourth-order valence-electron chi connectivity index (χ4n) is 1.46. The molecular weight excluding hydrogens is 247 g/mol. The van der Waals surface area contributed by atoms with Crippen LogP contribution in [0.2, 0.25) is 0 Å². The third-order valence-corrected chi connectivity index (χ3v) is 2.13. The number of imidazole rings is 1. The Hall–Kier alpha value is -2.36. The number of halogens is 3. The molecule has 0 aliphatic carbocycles. The Balaban J connectivity index is 2.42. The van der Waals surface area contributed by atoms with Gasteiger partial charge in [0.05, 0.1) is 29.6 Å². The number of H-pyrrole nitrogens is 1. The zero-order chi connectivity index (χ0) is 13.2. The number of alkyl halides is 3. The summed E-state index contributed by atoms with van der Waals surface area (Å²) in [6.45, 7) is 0.0911. The van der Waals surface area contributed by atoms with Crippen LogP contribution in [-0.2, 0) is 0 Å². The van der Waals surface area contributed by atoms with Crippen molar-refractivity contribution in [2.75, 3.05) is 11.9 Å². The van der Waals surface area contributed by atoms with Crippen LogP contribution in [0.5, 0.6) is 5.75 Å². The highest BCUT2D eigenvalue weighted by molar-refractivity contribution is 5.82. The van der Waals surface area contributed by atoms with Crippen LogP contribution in [0.1, 0.15) is 0 Å².